The summed E-state index contributed by atoms with van der Waals surface area (Å²) in [6.07, 6.45) is 6.35. The van der Waals surface area contributed by atoms with Crippen LogP contribution in [0.25, 0.3) is 22.3 Å². The summed E-state index contributed by atoms with van der Waals surface area (Å²) in [5.41, 5.74) is 6.92. The van der Waals surface area contributed by atoms with Gasteiger partial charge in [0.1, 0.15) is 11.5 Å². The third-order valence-electron chi connectivity index (χ3n) is 6.66. The molecule has 0 aromatic carbocycles. The van der Waals surface area contributed by atoms with E-state index in [-0.39, 0.29) is 5.91 Å². The van der Waals surface area contributed by atoms with Crippen LogP contribution in [0.5, 0.6) is 0 Å². The van der Waals surface area contributed by atoms with Crippen molar-refractivity contribution in [1.82, 2.24) is 30.2 Å². The van der Waals surface area contributed by atoms with Gasteiger partial charge in [0.15, 0.2) is 0 Å². The molecule has 6 heterocycles. The van der Waals surface area contributed by atoms with Crippen LogP contribution < -0.4 is 10.6 Å². The van der Waals surface area contributed by atoms with Crippen LogP contribution >= 0.6 is 0 Å². The maximum absolute atomic E-state index is 12.9. The maximum Gasteiger partial charge on any atom is 0.254 e. The van der Waals surface area contributed by atoms with Gasteiger partial charge in [0.25, 0.3) is 5.91 Å². The van der Waals surface area contributed by atoms with Crippen LogP contribution in [0.1, 0.15) is 39.5 Å². The van der Waals surface area contributed by atoms with E-state index in [2.05, 4.69) is 31.6 Å². The van der Waals surface area contributed by atoms with Crippen molar-refractivity contribution in [2.24, 2.45) is 0 Å². The number of hydrogen-bond donors (Lipinski definition) is 3. The van der Waals surface area contributed by atoms with Gasteiger partial charge in [0.05, 0.1) is 35.4 Å². The Bertz CT molecular complexity index is 1420. The highest BCUT2D eigenvalue weighted by atomic mass is 16.5. The van der Waals surface area contributed by atoms with Gasteiger partial charge in [-0.15, -0.1) is 0 Å². The van der Waals surface area contributed by atoms with E-state index in [0.29, 0.717) is 29.5 Å². The normalized spacial score (nSPS) is 17.2. The Morgan fingerprint density at radius 2 is 2.11 bits per heavy atom. The number of fused-ring (bicyclic) bond motifs is 2. The summed E-state index contributed by atoms with van der Waals surface area (Å²) >= 11 is 0. The van der Waals surface area contributed by atoms with Crippen molar-refractivity contribution in [3.8, 4) is 11.3 Å². The van der Waals surface area contributed by atoms with E-state index >= 15 is 0 Å². The van der Waals surface area contributed by atoms with Crippen LogP contribution in [-0.2, 0) is 17.8 Å². The molecule has 0 radical (unpaired) electrons. The number of rotatable bonds is 6. The van der Waals surface area contributed by atoms with Crippen LogP contribution in [-0.4, -0.2) is 58.1 Å². The number of H-pyrrole nitrogens is 1. The minimum absolute atomic E-state index is 0.112. The molecule has 4 aromatic heterocycles. The van der Waals surface area contributed by atoms with Gasteiger partial charge in [-0.2, -0.15) is 0 Å². The fourth-order valence-electron chi connectivity index (χ4n) is 5.03. The van der Waals surface area contributed by atoms with Gasteiger partial charge < -0.3 is 25.3 Å². The second kappa shape index (κ2) is 8.75. The van der Waals surface area contributed by atoms with Crippen molar-refractivity contribution in [3.05, 3.63) is 65.2 Å². The topological polar surface area (TPSA) is 108 Å². The molecule has 9 heteroatoms. The number of carbonyl (C=O) groups is 1. The third-order valence-corrected chi connectivity index (χ3v) is 6.66. The minimum atomic E-state index is -0.112. The summed E-state index contributed by atoms with van der Waals surface area (Å²) in [7, 11) is 4.08. The molecule has 2 aliphatic heterocycles. The molecular weight excluding hydrogens is 442 g/mol. The van der Waals surface area contributed by atoms with Gasteiger partial charge >= 0.3 is 0 Å². The monoisotopic (exact) mass is 469 g/mol. The molecule has 0 bridgehead atoms. The molecular formula is C26H27N7O2. The largest absolute Gasteiger partial charge is 0.381 e. The van der Waals surface area contributed by atoms with Crippen molar-refractivity contribution >= 4 is 28.4 Å². The smallest absolute Gasteiger partial charge is 0.254 e. The Balaban J connectivity index is 1.39. The quantitative estimate of drug-likeness (QED) is 0.396. The zero-order valence-electron chi connectivity index (χ0n) is 19.8. The Morgan fingerprint density at radius 3 is 2.94 bits per heavy atom. The average Bonchev–Trinajstić information content (AvgIpc) is 3.60. The Kier molecular flexibility index (Phi) is 5.43. The fourth-order valence-corrected chi connectivity index (χ4v) is 5.03. The van der Waals surface area contributed by atoms with Gasteiger partial charge in [-0.3, -0.25) is 9.78 Å². The van der Waals surface area contributed by atoms with Crippen molar-refractivity contribution in [2.75, 3.05) is 32.6 Å². The van der Waals surface area contributed by atoms with Gasteiger partial charge in [0, 0.05) is 54.5 Å². The highest BCUT2D eigenvalue weighted by Gasteiger charge is 2.28. The van der Waals surface area contributed by atoms with E-state index in [1.54, 1.807) is 12.4 Å². The molecule has 1 fully saturated rings. The second-order valence-corrected chi connectivity index (χ2v) is 9.31. The van der Waals surface area contributed by atoms with Crippen molar-refractivity contribution in [1.29, 1.82) is 0 Å². The first-order valence-electron chi connectivity index (χ1n) is 11.8. The lowest BCUT2D eigenvalue weighted by molar-refractivity contribution is 0.0966. The zero-order valence-corrected chi connectivity index (χ0v) is 19.8. The van der Waals surface area contributed by atoms with E-state index < -0.39 is 0 Å². The molecule has 1 atom stereocenters. The minimum Gasteiger partial charge on any atom is -0.381 e. The highest BCUT2D eigenvalue weighted by Crippen LogP contribution is 2.36. The molecule has 2 aliphatic rings. The standard InChI is InChI=1S/C26H27N7O2/c1-33(2)13-21-16(15-7-10-35-14-15)3-4-22(32-21)31-20-12-29-24(19-11-30-26(34)23(19)20)17-5-8-27-25-18(17)6-9-28-25/h3-6,8-9,12,15H,7,10-11,13-14H2,1-2H3,(H,27,28)(H,30,34)(H,31,32)/t15-/m0/s1. The fraction of sp³-hybridized carbons (Fsp3) is 0.308. The molecule has 178 valence electrons. The average molecular weight is 470 g/mol. The lowest BCUT2D eigenvalue weighted by Gasteiger charge is -2.19. The summed E-state index contributed by atoms with van der Waals surface area (Å²) in [4.78, 5) is 32.2. The van der Waals surface area contributed by atoms with Crippen molar-refractivity contribution in [2.45, 2.75) is 25.4 Å². The van der Waals surface area contributed by atoms with Gasteiger partial charge in [0.2, 0.25) is 0 Å². The molecule has 9 nitrogen and oxygen atoms in total. The van der Waals surface area contributed by atoms with Crippen molar-refractivity contribution in [3.63, 3.8) is 0 Å². The number of hydrogen-bond acceptors (Lipinski definition) is 7. The molecule has 0 spiro atoms. The second-order valence-electron chi connectivity index (χ2n) is 9.31. The molecule has 1 amide bonds. The number of aromatic amines is 1. The van der Waals surface area contributed by atoms with Gasteiger partial charge in [-0.05, 0) is 44.3 Å². The number of ether oxygens (including phenoxy) is 1. The molecule has 6 rings (SSSR count). The molecule has 4 aromatic rings. The Hall–Kier alpha value is -3.82. The first-order valence-corrected chi connectivity index (χ1v) is 11.8. The summed E-state index contributed by atoms with van der Waals surface area (Å²) in [6.45, 7) is 2.68. The number of aromatic nitrogens is 4. The van der Waals surface area contributed by atoms with E-state index in [1.807, 2.05) is 38.5 Å². The van der Waals surface area contributed by atoms with Crippen molar-refractivity contribution < 1.29 is 9.53 Å². The maximum atomic E-state index is 12.9. The van der Waals surface area contributed by atoms with Crippen LogP contribution in [0.3, 0.4) is 0 Å². The molecule has 0 saturated carbocycles. The van der Waals surface area contributed by atoms with Crippen LogP contribution in [0.15, 0.2) is 42.9 Å². The Morgan fingerprint density at radius 1 is 1.20 bits per heavy atom. The van der Waals surface area contributed by atoms with E-state index in [0.717, 1.165) is 59.7 Å². The van der Waals surface area contributed by atoms with Crippen LogP contribution in [0, 0.1) is 0 Å². The predicted molar refractivity (Wildman–Crippen MR) is 134 cm³/mol. The third kappa shape index (κ3) is 3.92. The number of anilines is 2. The zero-order chi connectivity index (χ0) is 23.9. The predicted octanol–water partition coefficient (Wildman–Crippen LogP) is 3.57. The number of amides is 1. The van der Waals surface area contributed by atoms with Crippen LogP contribution in [0.2, 0.25) is 0 Å². The first-order chi connectivity index (χ1) is 17.1. The molecule has 3 N–H and O–H groups in total. The van der Waals surface area contributed by atoms with Crippen LogP contribution in [0.4, 0.5) is 11.5 Å². The molecule has 35 heavy (non-hydrogen) atoms. The number of nitrogens with one attached hydrogen (secondary N) is 3. The van der Waals surface area contributed by atoms with Gasteiger partial charge in [-0.1, -0.05) is 6.07 Å². The lowest BCUT2D eigenvalue weighted by atomic mass is 9.96. The first kappa shape index (κ1) is 21.7. The van der Waals surface area contributed by atoms with E-state index in [1.165, 1.54) is 5.56 Å². The number of pyridine rings is 3. The van der Waals surface area contributed by atoms with E-state index in [9.17, 15) is 4.79 Å². The summed E-state index contributed by atoms with van der Waals surface area (Å²) in [6, 6.07) is 8.03. The van der Waals surface area contributed by atoms with E-state index in [4.69, 9.17) is 14.7 Å². The SMILES string of the molecule is CN(C)Cc1nc(Nc2cnc(-c3ccnc4[nH]ccc34)c3c2C(=O)NC3)ccc1[C@H]1CCOC1. The summed E-state index contributed by atoms with van der Waals surface area (Å²) in [5.74, 6) is 0.949. The van der Waals surface area contributed by atoms with Gasteiger partial charge in [-0.25, -0.2) is 9.97 Å². The summed E-state index contributed by atoms with van der Waals surface area (Å²) < 4.78 is 5.61. The number of carbonyl (C=O) groups excluding carboxylic acids is 1. The molecule has 0 aliphatic carbocycles. The molecule has 1 saturated heterocycles. The summed E-state index contributed by atoms with van der Waals surface area (Å²) in [5, 5.41) is 7.31. The lowest BCUT2D eigenvalue weighted by Crippen LogP contribution is -2.16. The molecule has 0 unspecified atom stereocenters. The number of nitrogens with zero attached hydrogens (tertiary/aromatic N) is 4. The highest BCUT2D eigenvalue weighted by molar-refractivity contribution is 6.06. The Labute approximate surface area is 203 Å².